The van der Waals surface area contributed by atoms with Gasteiger partial charge in [0.15, 0.2) is 0 Å². The second kappa shape index (κ2) is 3.79. The van der Waals surface area contributed by atoms with Crippen molar-refractivity contribution in [1.29, 1.82) is 0 Å². The summed E-state index contributed by atoms with van der Waals surface area (Å²) in [6.45, 7) is 0.549. The molecule has 1 aliphatic rings. The molecule has 3 heterocycles. The second-order valence-electron chi connectivity index (χ2n) is 4.48. The zero-order valence-electron chi connectivity index (χ0n) is 9.68. The van der Waals surface area contributed by atoms with E-state index in [1.54, 1.807) is 22.9 Å². The van der Waals surface area contributed by atoms with Crippen molar-refractivity contribution in [3.8, 4) is 0 Å². The molecule has 0 saturated carbocycles. The van der Waals surface area contributed by atoms with Crippen LogP contribution < -0.4 is 10.6 Å². The first kappa shape index (κ1) is 11.2. The summed E-state index contributed by atoms with van der Waals surface area (Å²) in [5.74, 6) is -1.63. The predicted molar refractivity (Wildman–Crippen MR) is 63.8 cm³/mol. The van der Waals surface area contributed by atoms with E-state index in [9.17, 15) is 8.78 Å². The molecule has 1 aliphatic heterocycles. The lowest BCUT2D eigenvalue weighted by Crippen LogP contribution is -2.40. The number of hydrogen-bond donors (Lipinski definition) is 1. The average Bonchev–Trinajstić information content (AvgIpc) is 2.76. The van der Waals surface area contributed by atoms with Gasteiger partial charge in [0.25, 0.3) is 5.92 Å². The fourth-order valence-corrected chi connectivity index (χ4v) is 2.18. The van der Waals surface area contributed by atoms with Gasteiger partial charge in [0.2, 0.25) is 5.95 Å². The predicted octanol–water partition coefficient (Wildman–Crippen LogP) is 1.55. The fraction of sp³-hybridized carbons (Fsp3) is 0.455. The number of aromatic nitrogens is 3. The van der Waals surface area contributed by atoms with Gasteiger partial charge < -0.3 is 10.6 Å². The molecule has 2 aromatic heterocycles. The Morgan fingerprint density at radius 2 is 2.00 bits per heavy atom. The molecule has 0 spiro atoms. The average molecular weight is 253 g/mol. The minimum Gasteiger partial charge on any atom is -0.383 e. The van der Waals surface area contributed by atoms with Crippen LogP contribution >= 0.6 is 0 Å². The molecule has 7 heteroatoms. The number of rotatable bonds is 1. The zero-order chi connectivity index (χ0) is 12.8. The second-order valence-corrected chi connectivity index (χ2v) is 4.48. The van der Waals surface area contributed by atoms with Crippen LogP contribution in [-0.4, -0.2) is 33.4 Å². The molecule has 18 heavy (non-hydrogen) atoms. The van der Waals surface area contributed by atoms with E-state index >= 15 is 0 Å². The molecule has 1 saturated heterocycles. The van der Waals surface area contributed by atoms with E-state index in [-0.39, 0.29) is 25.9 Å². The molecule has 0 amide bonds. The molecule has 3 rings (SSSR count). The topological polar surface area (TPSA) is 59.4 Å². The normalized spacial score (nSPS) is 19.3. The standard InChI is InChI=1S/C11H13F2N5/c12-11(13)1-4-17(5-2-11)10-16-8(14)7-9-15-3-6-18(9)10/h3,6-7H,1-2,4-5,14H2. The Bertz CT molecular complexity index is 570. The highest BCUT2D eigenvalue weighted by Gasteiger charge is 2.35. The highest BCUT2D eigenvalue weighted by Crippen LogP contribution is 2.30. The van der Waals surface area contributed by atoms with Gasteiger partial charge >= 0.3 is 0 Å². The minimum absolute atomic E-state index is 0.153. The lowest BCUT2D eigenvalue weighted by molar-refractivity contribution is -0.0222. The van der Waals surface area contributed by atoms with Crippen molar-refractivity contribution in [2.24, 2.45) is 0 Å². The molecule has 0 bridgehead atoms. The number of hydrogen-bond acceptors (Lipinski definition) is 4. The van der Waals surface area contributed by atoms with Gasteiger partial charge in [-0.1, -0.05) is 0 Å². The molecule has 0 atom stereocenters. The van der Waals surface area contributed by atoms with Gasteiger partial charge in [-0.2, -0.15) is 4.98 Å². The molecule has 2 aromatic rings. The van der Waals surface area contributed by atoms with Crippen LogP contribution in [0.4, 0.5) is 20.5 Å². The lowest BCUT2D eigenvalue weighted by Gasteiger charge is -2.32. The van der Waals surface area contributed by atoms with Crippen molar-refractivity contribution in [3.63, 3.8) is 0 Å². The van der Waals surface area contributed by atoms with E-state index in [1.807, 2.05) is 4.90 Å². The van der Waals surface area contributed by atoms with E-state index < -0.39 is 5.92 Å². The maximum atomic E-state index is 13.1. The van der Waals surface area contributed by atoms with E-state index in [1.165, 1.54) is 0 Å². The largest absolute Gasteiger partial charge is 0.383 e. The monoisotopic (exact) mass is 253 g/mol. The summed E-state index contributed by atoms with van der Waals surface area (Å²) in [5, 5.41) is 0. The quantitative estimate of drug-likeness (QED) is 0.837. The van der Waals surface area contributed by atoms with Gasteiger partial charge in [-0.25, -0.2) is 13.8 Å². The number of nitrogen functional groups attached to an aromatic ring is 1. The summed E-state index contributed by atoms with van der Waals surface area (Å²) in [4.78, 5) is 10.2. The highest BCUT2D eigenvalue weighted by molar-refractivity contribution is 5.54. The van der Waals surface area contributed by atoms with Crippen molar-refractivity contribution in [1.82, 2.24) is 14.4 Å². The zero-order valence-corrected chi connectivity index (χ0v) is 9.68. The first-order chi connectivity index (χ1) is 8.55. The van der Waals surface area contributed by atoms with Crippen LogP contribution in [0.2, 0.25) is 0 Å². The molecule has 2 N–H and O–H groups in total. The van der Waals surface area contributed by atoms with Gasteiger partial charge in [-0.3, -0.25) is 4.40 Å². The van der Waals surface area contributed by atoms with Crippen LogP contribution in [0.1, 0.15) is 12.8 Å². The molecule has 96 valence electrons. The van der Waals surface area contributed by atoms with Crippen molar-refractivity contribution < 1.29 is 8.78 Å². The van der Waals surface area contributed by atoms with Gasteiger partial charge in [0, 0.05) is 44.4 Å². The van der Waals surface area contributed by atoms with Crippen molar-refractivity contribution >= 4 is 17.4 Å². The van der Waals surface area contributed by atoms with Crippen LogP contribution in [0.3, 0.4) is 0 Å². The van der Waals surface area contributed by atoms with Gasteiger partial charge in [-0.15, -0.1) is 0 Å². The number of imidazole rings is 1. The molecule has 5 nitrogen and oxygen atoms in total. The van der Waals surface area contributed by atoms with Gasteiger partial charge in [0.1, 0.15) is 11.5 Å². The number of halogens is 2. The third kappa shape index (κ3) is 1.85. The summed E-state index contributed by atoms with van der Waals surface area (Å²) in [6, 6.07) is 1.65. The lowest BCUT2D eigenvalue weighted by atomic mass is 10.1. The Morgan fingerprint density at radius 3 is 2.72 bits per heavy atom. The number of anilines is 2. The number of alkyl halides is 2. The van der Waals surface area contributed by atoms with E-state index in [0.717, 1.165) is 0 Å². The van der Waals surface area contributed by atoms with Gasteiger partial charge in [0.05, 0.1) is 0 Å². The maximum absolute atomic E-state index is 13.1. The van der Waals surface area contributed by atoms with E-state index in [2.05, 4.69) is 9.97 Å². The number of piperidine rings is 1. The van der Waals surface area contributed by atoms with Crippen LogP contribution in [0.5, 0.6) is 0 Å². The minimum atomic E-state index is -2.56. The summed E-state index contributed by atoms with van der Waals surface area (Å²) in [7, 11) is 0. The summed E-state index contributed by atoms with van der Waals surface area (Å²) >= 11 is 0. The van der Waals surface area contributed by atoms with E-state index in [4.69, 9.17) is 5.73 Å². The Balaban J connectivity index is 1.97. The molecular weight excluding hydrogens is 240 g/mol. The molecule has 1 fully saturated rings. The van der Waals surface area contributed by atoms with Gasteiger partial charge in [-0.05, 0) is 0 Å². The molecule has 0 unspecified atom stereocenters. The van der Waals surface area contributed by atoms with Crippen LogP contribution in [0.25, 0.3) is 5.65 Å². The van der Waals surface area contributed by atoms with Crippen LogP contribution in [0.15, 0.2) is 18.5 Å². The molecule has 0 aliphatic carbocycles. The van der Waals surface area contributed by atoms with Crippen LogP contribution in [-0.2, 0) is 0 Å². The summed E-state index contributed by atoms with van der Waals surface area (Å²) in [5.41, 5.74) is 6.38. The third-order valence-electron chi connectivity index (χ3n) is 3.17. The fourth-order valence-electron chi connectivity index (χ4n) is 2.18. The summed E-state index contributed by atoms with van der Waals surface area (Å²) < 4.78 is 28.0. The Kier molecular flexibility index (Phi) is 2.36. The maximum Gasteiger partial charge on any atom is 0.251 e. The third-order valence-corrected chi connectivity index (χ3v) is 3.17. The van der Waals surface area contributed by atoms with Crippen molar-refractivity contribution in [3.05, 3.63) is 18.5 Å². The molecule has 0 aromatic carbocycles. The SMILES string of the molecule is Nc1cc2nccn2c(N2CCC(F)(F)CC2)n1. The Hall–Kier alpha value is -1.92. The van der Waals surface area contributed by atoms with Crippen molar-refractivity contribution in [2.75, 3.05) is 23.7 Å². The number of nitrogens with zero attached hydrogens (tertiary/aromatic N) is 4. The Morgan fingerprint density at radius 1 is 1.28 bits per heavy atom. The van der Waals surface area contributed by atoms with Crippen molar-refractivity contribution in [2.45, 2.75) is 18.8 Å². The summed E-state index contributed by atoms with van der Waals surface area (Å²) in [6.07, 6.45) is 3.09. The highest BCUT2D eigenvalue weighted by atomic mass is 19.3. The van der Waals surface area contributed by atoms with E-state index in [0.29, 0.717) is 17.4 Å². The first-order valence-corrected chi connectivity index (χ1v) is 5.77. The smallest absolute Gasteiger partial charge is 0.251 e. The molecular formula is C11H13F2N5. The molecule has 0 radical (unpaired) electrons. The Labute approximate surface area is 102 Å². The number of fused-ring (bicyclic) bond motifs is 1. The first-order valence-electron chi connectivity index (χ1n) is 5.77. The van der Waals surface area contributed by atoms with Crippen LogP contribution in [0, 0.1) is 0 Å². The number of nitrogens with two attached hydrogens (primary N) is 1.